The molecule has 0 amide bonds. The van der Waals surface area contributed by atoms with E-state index in [1.54, 1.807) is 18.2 Å². The Morgan fingerprint density at radius 1 is 0.750 bits per heavy atom. The van der Waals surface area contributed by atoms with Crippen molar-refractivity contribution in [3.05, 3.63) is 106 Å². The summed E-state index contributed by atoms with van der Waals surface area (Å²) in [6.45, 7) is 16.0. The van der Waals surface area contributed by atoms with E-state index in [-0.39, 0.29) is 21.8 Å². The summed E-state index contributed by atoms with van der Waals surface area (Å²) in [7, 11) is 0. The van der Waals surface area contributed by atoms with Crippen molar-refractivity contribution in [2.45, 2.75) is 77.6 Å². The van der Waals surface area contributed by atoms with Gasteiger partial charge in [-0.3, -0.25) is 0 Å². The van der Waals surface area contributed by atoms with Crippen molar-refractivity contribution in [1.29, 1.82) is 0 Å². The van der Waals surface area contributed by atoms with Gasteiger partial charge in [-0.25, -0.2) is 4.79 Å². The highest BCUT2D eigenvalue weighted by molar-refractivity contribution is 6.15. The highest BCUT2D eigenvalue weighted by Crippen LogP contribution is 2.50. The monoisotopic (exact) mass is 533 g/mol. The molecule has 5 rings (SSSR count). The lowest BCUT2D eigenvalue weighted by atomic mass is 9.61. The molecule has 1 aliphatic rings. The first-order valence-electron chi connectivity index (χ1n) is 14.0. The fourth-order valence-electron chi connectivity index (χ4n) is 6.11. The Morgan fingerprint density at radius 3 is 1.90 bits per heavy atom. The molecule has 0 bridgehead atoms. The van der Waals surface area contributed by atoms with Gasteiger partial charge in [0.1, 0.15) is 5.71 Å². The zero-order valence-corrected chi connectivity index (χ0v) is 24.6. The smallest absolute Gasteiger partial charge is 0.335 e. The first-order valence-corrected chi connectivity index (χ1v) is 14.0. The van der Waals surface area contributed by atoms with Gasteiger partial charge in [0.2, 0.25) is 0 Å². The van der Waals surface area contributed by atoms with Crippen LogP contribution in [0, 0.1) is 0 Å². The molecule has 0 fully saturated rings. The number of carbonyl (C=O) groups is 1. The van der Waals surface area contributed by atoms with Gasteiger partial charge in [0.25, 0.3) is 0 Å². The number of rotatable bonds is 4. The summed E-state index contributed by atoms with van der Waals surface area (Å²) in [5.74, 6) is -0.953. The molecule has 0 radical (unpaired) electrons. The molecule has 0 saturated heterocycles. The largest absolute Gasteiger partial charge is 0.478 e. The summed E-state index contributed by atoms with van der Waals surface area (Å²) in [6.07, 6.45) is 2.18. The third-order valence-electron chi connectivity index (χ3n) is 8.72. The zero-order chi connectivity index (χ0) is 29.0. The van der Waals surface area contributed by atoms with Crippen LogP contribution < -0.4 is 0 Å². The molecule has 0 atom stereocenters. The van der Waals surface area contributed by atoms with Crippen LogP contribution in [0.25, 0.3) is 21.9 Å². The molecule has 0 heterocycles. The third-order valence-corrected chi connectivity index (χ3v) is 8.72. The summed E-state index contributed by atoms with van der Waals surface area (Å²) in [5.41, 5.74) is 8.73. The van der Waals surface area contributed by atoms with Gasteiger partial charge in [-0.2, -0.15) is 0 Å². The SMILES string of the molecule is CC(C)(C)c1ccc(-c2cc(C(=NO)c3ccc4cc(C(=O)O)ccc4c3)cc3c2C(C)(C)CCC3(C)C)cc1. The standard InChI is InChI=1S/C36H39NO3/c1-34(2,3)28-14-12-22(13-15-28)29-20-27(21-30-31(29)36(6,7)17-16-35(30,4)5)32(37-40)25-10-8-24-19-26(33(38)39)11-9-23(24)18-25/h8-15,18-21,40H,16-17H2,1-7H3,(H,38,39). The van der Waals surface area contributed by atoms with Crippen LogP contribution in [-0.4, -0.2) is 22.0 Å². The van der Waals surface area contributed by atoms with E-state index in [9.17, 15) is 15.1 Å². The van der Waals surface area contributed by atoms with Gasteiger partial charge in [0, 0.05) is 11.1 Å². The highest BCUT2D eigenvalue weighted by atomic mass is 16.4. The van der Waals surface area contributed by atoms with E-state index in [0.717, 1.165) is 40.3 Å². The van der Waals surface area contributed by atoms with Crippen molar-refractivity contribution in [2.75, 3.05) is 0 Å². The van der Waals surface area contributed by atoms with E-state index in [1.165, 1.54) is 22.3 Å². The Bertz CT molecular complexity index is 1650. The summed E-state index contributed by atoms with van der Waals surface area (Å²) in [6, 6.07) is 24.1. The van der Waals surface area contributed by atoms with Gasteiger partial charge in [-0.15, -0.1) is 0 Å². The third kappa shape index (κ3) is 4.92. The van der Waals surface area contributed by atoms with Crippen LogP contribution in [0.1, 0.15) is 99.5 Å². The molecule has 40 heavy (non-hydrogen) atoms. The van der Waals surface area contributed by atoms with Gasteiger partial charge in [-0.1, -0.05) is 96.1 Å². The number of hydrogen-bond donors (Lipinski definition) is 2. The van der Waals surface area contributed by atoms with Crippen LogP contribution in [0.3, 0.4) is 0 Å². The molecule has 0 spiro atoms. The number of aromatic carboxylic acids is 1. The maximum atomic E-state index is 11.4. The van der Waals surface area contributed by atoms with Gasteiger partial charge >= 0.3 is 5.97 Å². The number of hydrogen-bond acceptors (Lipinski definition) is 3. The lowest BCUT2D eigenvalue weighted by Crippen LogP contribution is -2.35. The molecule has 4 aromatic carbocycles. The van der Waals surface area contributed by atoms with Gasteiger partial charge in [-0.05, 0) is 98.0 Å². The molecule has 2 N–H and O–H groups in total. The minimum Gasteiger partial charge on any atom is -0.478 e. The molecule has 1 aliphatic carbocycles. The summed E-state index contributed by atoms with van der Waals surface area (Å²) >= 11 is 0. The highest BCUT2D eigenvalue weighted by Gasteiger charge is 2.39. The van der Waals surface area contributed by atoms with E-state index in [1.807, 2.05) is 18.2 Å². The van der Waals surface area contributed by atoms with Crippen LogP contribution in [0.5, 0.6) is 0 Å². The molecule has 0 aliphatic heterocycles. The Morgan fingerprint density at radius 2 is 1.32 bits per heavy atom. The molecule has 4 nitrogen and oxygen atoms in total. The van der Waals surface area contributed by atoms with E-state index in [0.29, 0.717) is 5.71 Å². The van der Waals surface area contributed by atoms with Crippen LogP contribution >= 0.6 is 0 Å². The molecule has 0 aromatic heterocycles. The number of carboxylic acid groups (broad SMARTS) is 1. The number of benzene rings is 4. The molecular weight excluding hydrogens is 494 g/mol. The van der Waals surface area contributed by atoms with Crippen molar-refractivity contribution in [1.82, 2.24) is 0 Å². The van der Waals surface area contributed by atoms with Gasteiger partial charge in [0.05, 0.1) is 5.56 Å². The molecule has 0 unspecified atom stereocenters. The second-order valence-electron chi connectivity index (χ2n) is 13.6. The number of oxime groups is 1. The van der Waals surface area contributed by atoms with Crippen LogP contribution in [0.4, 0.5) is 0 Å². The normalized spacial score (nSPS) is 16.5. The summed E-state index contributed by atoms with van der Waals surface area (Å²) in [4.78, 5) is 11.4. The fraction of sp³-hybridized carbons (Fsp3) is 0.333. The lowest BCUT2D eigenvalue weighted by Gasteiger charge is -2.43. The van der Waals surface area contributed by atoms with Crippen molar-refractivity contribution in [2.24, 2.45) is 5.16 Å². The Balaban J connectivity index is 1.71. The average Bonchev–Trinajstić information content (AvgIpc) is 2.90. The second kappa shape index (κ2) is 9.62. The van der Waals surface area contributed by atoms with Crippen molar-refractivity contribution < 1.29 is 15.1 Å². The maximum Gasteiger partial charge on any atom is 0.335 e. The Kier molecular flexibility index (Phi) is 6.65. The topological polar surface area (TPSA) is 69.9 Å². The van der Waals surface area contributed by atoms with Gasteiger partial charge < -0.3 is 10.3 Å². The quantitative estimate of drug-likeness (QED) is 0.156. The predicted molar refractivity (Wildman–Crippen MR) is 164 cm³/mol. The minimum atomic E-state index is -0.953. The zero-order valence-electron chi connectivity index (χ0n) is 24.6. The lowest BCUT2D eigenvalue weighted by molar-refractivity contribution is 0.0697. The van der Waals surface area contributed by atoms with Crippen LogP contribution in [-0.2, 0) is 16.2 Å². The number of carboxylic acids is 1. The van der Waals surface area contributed by atoms with E-state index < -0.39 is 5.97 Å². The van der Waals surface area contributed by atoms with Crippen LogP contribution in [0.15, 0.2) is 78.0 Å². The Hall–Kier alpha value is -3.92. The number of nitrogens with zero attached hydrogens (tertiary/aromatic N) is 1. The molecular formula is C36H39NO3. The fourth-order valence-corrected chi connectivity index (χ4v) is 6.11. The van der Waals surface area contributed by atoms with E-state index >= 15 is 0 Å². The average molecular weight is 534 g/mol. The molecule has 206 valence electrons. The first-order chi connectivity index (χ1) is 18.7. The van der Waals surface area contributed by atoms with E-state index in [4.69, 9.17) is 0 Å². The maximum absolute atomic E-state index is 11.4. The molecule has 4 heteroatoms. The number of fused-ring (bicyclic) bond motifs is 2. The van der Waals surface area contributed by atoms with Crippen molar-refractivity contribution in [3.8, 4) is 11.1 Å². The summed E-state index contributed by atoms with van der Waals surface area (Å²) < 4.78 is 0. The Labute approximate surface area is 237 Å². The van der Waals surface area contributed by atoms with Gasteiger partial charge in [0.15, 0.2) is 0 Å². The predicted octanol–water partition coefficient (Wildman–Crippen LogP) is 9.08. The van der Waals surface area contributed by atoms with Crippen LogP contribution in [0.2, 0.25) is 0 Å². The van der Waals surface area contributed by atoms with E-state index in [2.05, 4.69) is 90.0 Å². The summed E-state index contributed by atoms with van der Waals surface area (Å²) in [5, 5.41) is 25.3. The first kappa shape index (κ1) is 27.6. The van der Waals surface area contributed by atoms with Crippen molar-refractivity contribution in [3.63, 3.8) is 0 Å². The minimum absolute atomic E-state index is 0.00271. The van der Waals surface area contributed by atoms with Crippen molar-refractivity contribution >= 4 is 22.5 Å². The molecule has 0 saturated carbocycles. The molecule has 4 aromatic rings. The second-order valence-corrected chi connectivity index (χ2v) is 13.6.